The number of hydrogen-bond acceptors (Lipinski definition) is 6. The van der Waals surface area contributed by atoms with Crippen molar-refractivity contribution in [2.45, 2.75) is 38.3 Å². The maximum Gasteiger partial charge on any atom is 0.256 e. The van der Waals surface area contributed by atoms with Crippen LogP contribution in [-0.4, -0.2) is 37.1 Å². The van der Waals surface area contributed by atoms with E-state index >= 15 is 0 Å². The highest BCUT2D eigenvalue weighted by atomic mass is 32.1. The minimum Gasteiger partial charge on any atom is -0.375 e. The Morgan fingerprint density at radius 3 is 2.92 bits per heavy atom. The zero-order chi connectivity index (χ0) is 17.1. The van der Waals surface area contributed by atoms with Gasteiger partial charge >= 0.3 is 0 Å². The number of nitrogens with zero attached hydrogens (tertiary/aromatic N) is 5. The predicted octanol–water partition coefficient (Wildman–Crippen LogP) is 2.56. The molecule has 1 atom stereocenters. The summed E-state index contributed by atoms with van der Waals surface area (Å²) in [4.78, 5) is 24.1. The van der Waals surface area contributed by atoms with Crippen LogP contribution in [0.1, 0.15) is 53.7 Å². The monoisotopic (exact) mass is 354 g/mol. The van der Waals surface area contributed by atoms with Crippen molar-refractivity contribution < 1.29 is 4.79 Å². The van der Waals surface area contributed by atoms with Crippen LogP contribution in [0.5, 0.6) is 0 Å². The van der Waals surface area contributed by atoms with Crippen molar-refractivity contribution >= 4 is 32.6 Å². The first kappa shape index (κ1) is 14.8. The van der Waals surface area contributed by atoms with Crippen molar-refractivity contribution in [2.75, 3.05) is 12.3 Å². The van der Waals surface area contributed by atoms with Gasteiger partial charge in [-0.1, -0.05) is 17.4 Å². The number of rotatable bonds is 2. The Bertz CT molecular complexity index is 988. The largest absolute Gasteiger partial charge is 0.375 e. The van der Waals surface area contributed by atoms with Gasteiger partial charge in [0, 0.05) is 12.5 Å². The fourth-order valence-electron chi connectivity index (χ4n) is 3.46. The molecule has 1 fully saturated rings. The highest BCUT2D eigenvalue weighted by molar-refractivity contribution is 7.22. The van der Waals surface area contributed by atoms with E-state index in [-0.39, 0.29) is 11.9 Å². The van der Waals surface area contributed by atoms with Crippen LogP contribution in [0.3, 0.4) is 0 Å². The van der Waals surface area contributed by atoms with Crippen LogP contribution < -0.4 is 5.73 Å². The summed E-state index contributed by atoms with van der Waals surface area (Å²) in [7, 11) is 0. The van der Waals surface area contributed by atoms with Crippen molar-refractivity contribution in [3.63, 3.8) is 0 Å². The predicted molar refractivity (Wildman–Crippen MR) is 95.5 cm³/mol. The number of carbonyl (C=O) groups is 1. The molecule has 2 aromatic heterocycles. The Hall–Kier alpha value is -2.48. The molecule has 8 heteroatoms. The standard InChI is InChI=1S/C17H18N6OS/c1-9-15-20-14(10-5-6-10)21-23(15)8-7-22(9)16(24)11-3-2-4-12-13(11)25-17(18)19-12/h2-4,9-10H,5-8H2,1H3,(H2,18,19)/t9-/m1/s1. The van der Waals surface area contributed by atoms with Crippen molar-refractivity contribution in [1.29, 1.82) is 0 Å². The minimum atomic E-state index is -0.0956. The Labute approximate surface area is 148 Å². The number of fused-ring (bicyclic) bond motifs is 2. The maximum absolute atomic E-state index is 13.2. The van der Waals surface area contributed by atoms with Crippen molar-refractivity contribution in [1.82, 2.24) is 24.6 Å². The summed E-state index contributed by atoms with van der Waals surface area (Å²) in [6.45, 7) is 3.34. The van der Waals surface area contributed by atoms with Crippen LogP contribution in [0.4, 0.5) is 5.13 Å². The molecule has 1 aromatic carbocycles. The van der Waals surface area contributed by atoms with Gasteiger partial charge < -0.3 is 10.6 Å². The topological polar surface area (TPSA) is 89.9 Å². The van der Waals surface area contributed by atoms with E-state index in [2.05, 4.69) is 10.1 Å². The second kappa shape index (κ2) is 5.26. The average Bonchev–Trinajstić information content (AvgIpc) is 3.23. The van der Waals surface area contributed by atoms with Crippen LogP contribution in [-0.2, 0) is 6.54 Å². The second-order valence-corrected chi connectivity index (χ2v) is 7.74. The second-order valence-electron chi connectivity index (χ2n) is 6.71. The van der Waals surface area contributed by atoms with Crippen LogP contribution in [0.15, 0.2) is 18.2 Å². The minimum absolute atomic E-state index is 0.00368. The number of aromatic nitrogens is 4. The van der Waals surface area contributed by atoms with E-state index in [1.165, 1.54) is 24.2 Å². The molecule has 5 rings (SSSR count). The summed E-state index contributed by atoms with van der Waals surface area (Å²) >= 11 is 1.36. The first-order chi connectivity index (χ1) is 12.1. The first-order valence-corrected chi connectivity index (χ1v) is 9.34. The van der Waals surface area contributed by atoms with Crippen LogP contribution in [0.2, 0.25) is 0 Å². The third-order valence-corrected chi connectivity index (χ3v) is 5.91. The first-order valence-electron chi connectivity index (χ1n) is 8.52. The third-order valence-electron chi connectivity index (χ3n) is 4.98. The quantitative estimate of drug-likeness (QED) is 0.764. The lowest BCUT2D eigenvalue weighted by Gasteiger charge is -2.33. The molecule has 25 heavy (non-hydrogen) atoms. The van der Waals surface area contributed by atoms with E-state index < -0.39 is 0 Å². The molecule has 0 radical (unpaired) electrons. The van der Waals surface area contributed by atoms with E-state index in [0.29, 0.717) is 29.7 Å². The van der Waals surface area contributed by atoms with Crippen molar-refractivity contribution in [2.24, 2.45) is 0 Å². The molecular formula is C17H18N6OS. The van der Waals surface area contributed by atoms with E-state index in [4.69, 9.17) is 10.7 Å². The van der Waals surface area contributed by atoms with Crippen LogP contribution >= 0.6 is 11.3 Å². The van der Waals surface area contributed by atoms with Gasteiger partial charge in [-0.15, -0.1) is 0 Å². The molecule has 0 bridgehead atoms. The zero-order valence-corrected chi connectivity index (χ0v) is 14.7. The van der Waals surface area contributed by atoms with E-state index in [1.54, 1.807) is 0 Å². The Morgan fingerprint density at radius 1 is 1.28 bits per heavy atom. The number of anilines is 1. The molecule has 0 spiro atoms. The summed E-state index contributed by atoms with van der Waals surface area (Å²) < 4.78 is 2.82. The number of amides is 1. The number of benzene rings is 1. The number of nitrogens with two attached hydrogens (primary N) is 1. The molecular weight excluding hydrogens is 336 g/mol. The molecule has 3 aromatic rings. The molecule has 2 aliphatic rings. The van der Waals surface area contributed by atoms with Gasteiger partial charge in [0.2, 0.25) is 0 Å². The summed E-state index contributed by atoms with van der Waals surface area (Å²) in [6, 6.07) is 5.50. The Kier molecular flexibility index (Phi) is 3.12. The van der Waals surface area contributed by atoms with E-state index in [9.17, 15) is 4.79 Å². The molecule has 1 aliphatic heterocycles. The van der Waals surface area contributed by atoms with Gasteiger partial charge in [0.05, 0.1) is 28.4 Å². The lowest BCUT2D eigenvalue weighted by atomic mass is 10.1. The smallest absolute Gasteiger partial charge is 0.256 e. The molecule has 2 N–H and O–H groups in total. The van der Waals surface area contributed by atoms with Crippen molar-refractivity contribution in [3.05, 3.63) is 35.4 Å². The SMILES string of the molecule is C[C@@H]1c2nc(C3CC3)nn2CCN1C(=O)c1cccc2nc(N)sc12. The van der Waals surface area contributed by atoms with E-state index in [1.807, 2.05) is 34.7 Å². The molecule has 128 valence electrons. The number of thiazole rings is 1. The average molecular weight is 354 g/mol. The van der Waals surface area contributed by atoms with Gasteiger partial charge in [-0.05, 0) is 31.9 Å². The highest BCUT2D eigenvalue weighted by Gasteiger charge is 2.35. The van der Waals surface area contributed by atoms with Crippen LogP contribution in [0, 0.1) is 0 Å². The number of hydrogen-bond donors (Lipinski definition) is 1. The van der Waals surface area contributed by atoms with Gasteiger partial charge in [-0.2, -0.15) is 5.10 Å². The summed E-state index contributed by atoms with van der Waals surface area (Å²) in [5.74, 6) is 2.35. The molecule has 0 saturated heterocycles. The van der Waals surface area contributed by atoms with Gasteiger partial charge in [-0.3, -0.25) is 4.79 Å². The molecule has 0 unspecified atom stereocenters. The lowest BCUT2D eigenvalue weighted by Crippen LogP contribution is -2.41. The summed E-state index contributed by atoms with van der Waals surface area (Å²) in [5, 5.41) is 5.11. The molecule has 1 amide bonds. The summed E-state index contributed by atoms with van der Waals surface area (Å²) in [5.41, 5.74) is 7.26. The Balaban J connectivity index is 1.50. The van der Waals surface area contributed by atoms with E-state index in [0.717, 1.165) is 21.9 Å². The molecule has 3 heterocycles. The van der Waals surface area contributed by atoms with Crippen molar-refractivity contribution in [3.8, 4) is 0 Å². The van der Waals surface area contributed by atoms with Gasteiger partial charge in [0.25, 0.3) is 5.91 Å². The number of nitrogen functional groups attached to an aromatic ring is 1. The molecule has 1 saturated carbocycles. The molecule has 1 aliphatic carbocycles. The Morgan fingerprint density at radius 2 is 2.12 bits per heavy atom. The normalized spacial score (nSPS) is 20.0. The highest BCUT2D eigenvalue weighted by Crippen LogP contribution is 2.39. The van der Waals surface area contributed by atoms with Crippen LogP contribution in [0.25, 0.3) is 10.2 Å². The number of carbonyl (C=O) groups excluding carboxylic acids is 1. The fraction of sp³-hybridized carbons (Fsp3) is 0.412. The fourth-order valence-corrected chi connectivity index (χ4v) is 4.30. The third kappa shape index (κ3) is 2.31. The van der Waals surface area contributed by atoms with Gasteiger partial charge in [0.15, 0.2) is 11.0 Å². The molecule has 7 nitrogen and oxygen atoms in total. The maximum atomic E-state index is 13.2. The zero-order valence-electron chi connectivity index (χ0n) is 13.8. The van der Waals surface area contributed by atoms with Gasteiger partial charge in [-0.25, -0.2) is 14.6 Å². The lowest BCUT2D eigenvalue weighted by molar-refractivity contribution is 0.0633. The van der Waals surface area contributed by atoms with Gasteiger partial charge in [0.1, 0.15) is 5.82 Å². The summed E-state index contributed by atoms with van der Waals surface area (Å²) in [6.07, 6.45) is 2.35.